The van der Waals surface area contributed by atoms with Crippen molar-refractivity contribution < 1.29 is 13.6 Å². The molecule has 0 aliphatic heterocycles. The Balaban J connectivity index is 1.44. The predicted molar refractivity (Wildman–Crippen MR) is 118 cm³/mol. The van der Waals surface area contributed by atoms with E-state index >= 15 is 0 Å². The van der Waals surface area contributed by atoms with Gasteiger partial charge in [-0.1, -0.05) is 25.0 Å². The molecule has 2 aromatic heterocycles. The number of hydrogen-bond donors (Lipinski definition) is 1. The van der Waals surface area contributed by atoms with E-state index in [-0.39, 0.29) is 22.6 Å². The summed E-state index contributed by atoms with van der Waals surface area (Å²) >= 11 is 0. The molecule has 2 aliphatic carbocycles. The number of halogens is 1. The zero-order valence-electron chi connectivity index (χ0n) is 18.1. The van der Waals surface area contributed by atoms with E-state index in [0.29, 0.717) is 41.1 Å². The number of carbonyl (C=O) groups is 1. The molecule has 5 nitrogen and oxygen atoms in total. The standard InChI is InChI=1S/C25H28FN3O2/c1-16-20(21-22(29-24(2)12-13-24)27-15-28-23(21)31-16)19(30)8-11-25(9-3-4-10-25)17-6-5-7-18(26)14-17/h5-7,14-15H,3-4,8-13H2,1-2H3,(H,27,28,29). The Kier molecular flexibility index (Phi) is 4.83. The number of anilines is 1. The van der Waals surface area contributed by atoms with Gasteiger partial charge in [-0.25, -0.2) is 14.4 Å². The molecule has 1 N–H and O–H groups in total. The summed E-state index contributed by atoms with van der Waals surface area (Å²) in [6.07, 6.45) is 8.92. The van der Waals surface area contributed by atoms with Crippen LogP contribution in [0.25, 0.3) is 11.1 Å². The van der Waals surface area contributed by atoms with Crippen LogP contribution < -0.4 is 5.32 Å². The zero-order chi connectivity index (χ0) is 21.6. The van der Waals surface area contributed by atoms with Crippen molar-refractivity contribution in [3.05, 3.63) is 53.3 Å². The van der Waals surface area contributed by atoms with Gasteiger partial charge in [0.05, 0.1) is 10.9 Å². The first kappa shape index (κ1) is 20.2. The van der Waals surface area contributed by atoms with Crippen molar-refractivity contribution in [3.63, 3.8) is 0 Å². The van der Waals surface area contributed by atoms with Crippen molar-refractivity contribution in [1.82, 2.24) is 9.97 Å². The summed E-state index contributed by atoms with van der Waals surface area (Å²) in [6.45, 7) is 3.97. The number of nitrogens with one attached hydrogen (secondary N) is 1. The molecule has 1 aromatic carbocycles. The van der Waals surface area contributed by atoms with Gasteiger partial charge in [0.15, 0.2) is 5.78 Å². The van der Waals surface area contributed by atoms with Crippen LogP contribution >= 0.6 is 0 Å². The third-order valence-corrected chi connectivity index (χ3v) is 7.19. The molecule has 31 heavy (non-hydrogen) atoms. The second-order valence-electron chi connectivity index (χ2n) is 9.54. The summed E-state index contributed by atoms with van der Waals surface area (Å²) in [6, 6.07) is 6.89. The van der Waals surface area contributed by atoms with E-state index in [2.05, 4.69) is 22.2 Å². The van der Waals surface area contributed by atoms with Crippen LogP contribution in [0.1, 0.15) is 80.0 Å². The number of hydrogen-bond acceptors (Lipinski definition) is 5. The molecule has 0 atom stereocenters. The lowest BCUT2D eigenvalue weighted by molar-refractivity contribution is 0.0969. The minimum absolute atomic E-state index is 0.0259. The number of ketones is 1. The Morgan fingerprint density at radius 3 is 2.68 bits per heavy atom. The van der Waals surface area contributed by atoms with E-state index in [4.69, 9.17) is 4.42 Å². The van der Waals surface area contributed by atoms with Crippen LogP contribution in [-0.4, -0.2) is 21.3 Å². The van der Waals surface area contributed by atoms with Crippen LogP contribution in [0.5, 0.6) is 0 Å². The first-order chi connectivity index (χ1) is 14.9. The molecule has 2 saturated carbocycles. The lowest BCUT2D eigenvalue weighted by Crippen LogP contribution is -2.23. The van der Waals surface area contributed by atoms with Crippen LogP contribution in [0.4, 0.5) is 10.2 Å². The monoisotopic (exact) mass is 421 g/mol. The lowest BCUT2D eigenvalue weighted by Gasteiger charge is -2.29. The first-order valence-electron chi connectivity index (χ1n) is 11.2. The van der Waals surface area contributed by atoms with E-state index in [1.807, 2.05) is 13.0 Å². The summed E-state index contributed by atoms with van der Waals surface area (Å²) in [5, 5.41) is 4.16. The van der Waals surface area contributed by atoms with Crippen molar-refractivity contribution in [2.24, 2.45) is 0 Å². The van der Waals surface area contributed by atoms with E-state index in [9.17, 15) is 9.18 Å². The number of carbonyl (C=O) groups excluding carboxylic acids is 1. The largest absolute Gasteiger partial charge is 0.442 e. The van der Waals surface area contributed by atoms with Crippen LogP contribution in [-0.2, 0) is 5.41 Å². The Morgan fingerprint density at radius 1 is 1.19 bits per heavy atom. The van der Waals surface area contributed by atoms with Crippen molar-refractivity contribution >= 4 is 22.7 Å². The number of fused-ring (bicyclic) bond motifs is 1. The molecule has 162 valence electrons. The topological polar surface area (TPSA) is 68.0 Å². The van der Waals surface area contributed by atoms with Gasteiger partial charge in [0.2, 0.25) is 5.71 Å². The molecule has 0 amide bonds. The predicted octanol–water partition coefficient (Wildman–Crippen LogP) is 6.11. The molecule has 0 bridgehead atoms. The van der Waals surface area contributed by atoms with E-state index in [1.54, 1.807) is 12.1 Å². The number of rotatable bonds is 7. The van der Waals surface area contributed by atoms with Gasteiger partial charge in [-0.15, -0.1) is 0 Å². The fourth-order valence-electron chi connectivity index (χ4n) is 5.10. The average Bonchev–Trinajstić information content (AvgIpc) is 3.14. The van der Waals surface area contributed by atoms with Crippen molar-refractivity contribution in [2.75, 3.05) is 5.32 Å². The molecule has 0 spiro atoms. The third-order valence-electron chi connectivity index (χ3n) is 7.19. The number of aromatic nitrogens is 2. The van der Waals surface area contributed by atoms with Gasteiger partial charge in [0.25, 0.3) is 0 Å². The van der Waals surface area contributed by atoms with Crippen LogP contribution in [0.2, 0.25) is 0 Å². The smallest absolute Gasteiger partial charge is 0.232 e. The van der Waals surface area contributed by atoms with E-state index in [1.165, 1.54) is 12.4 Å². The highest BCUT2D eigenvalue weighted by molar-refractivity contribution is 6.11. The Hall–Kier alpha value is -2.76. The minimum Gasteiger partial charge on any atom is -0.442 e. The first-order valence-corrected chi connectivity index (χ1v) is 11.2. The van der Waals surface area contributed by atoms with Crippen molar-refractivity contribution in [2.45, 2.75) is 76.2 Å². The van der Waals surface area contributed by atoms with Gasteiger partial charge in [0, 0.05) is 12.0 Å². The molecule has 5 rings (SSSR count). The highest BCUT2D eigenvalue weighted by atomic mass is 19.1. The van der Waals surface area contributed by atoms with Crippen LogP contribution in [0.15, 0.2) is 35.0 Å². The maximum atomic E-state index is 13.9. The lowest BCUT2D eigenvalue weighted by atomic mass is 9.74. The fourth-order valence-corrected chi connectivity index (χ4v) is 5.10. The van der Waals surface area contributed by atoms with Crippen molar-refractivity contribution in [3.8, 4) is 0 Å². The number of furan rings is 1. The molecule has 2 heterocycles. The Labute approximate surface area is 181 Å². The van der Waals surface area contributed by atoms with Gasteiger partial charge >= 0.3 is 0 Å². The summed E-state index contributed by atoms with van der Waals surface area (Å²) < 4.78 is 19.8. The number of aryl methyl sites for hydroxylation is 1. The number of benzene rings is 1. The Morgan fingerprint density at radius 2 is 1.97 bits per heavy atom. The zero-order valence-corrected chi connectivity index (χ0v) is 18.1. The second-order valence-corrected chi connectivity index (χ2v) is 9.54. The SMILES string of the molecule is Cc1oc2ncnc(NC3(C)CC3)c2c1C(=O)CCC1(c2cccc(F)c2)CCCC1. The molecule has 6 heteroatoms. The van der Waals surface area contributed by atoms with E-state index in [0.717, 1.165) is 44.1 Å². The van der Waals surface area contributed by atoms with Gasteiger partial charge in [0.1, 0.15) is 23.7 Å². The number of nitrogens with zero attached hydrogens (tertiary/aromatic N) is 2. The van der Waals surface area contributed by atoms with E-state index < -0.39 is 0 Å². The quantitative estimate of drug-likeness (QED) is 0.466. The summed E-state index contributed by atoms with van der Waals surface area (Å²) in [4.78, 5) is 22.1. The summed E-state index contributed by atoms with van der Waals surface area (Å²) in [5.74, 6) is 1.08. The highest BCUT2D eigenvalue weighted by Crippen LogP contribution is 2.45. The molecule has 0 unspecified atom stereocenters. The molecule has 2 fully saturated rings. The molecule has 3 aromatic rings. The molecule has 2 aliphatic rings. The molecular weight excluding hydrogens is 393 g/mol. The fraction of sp³-hybridized carbons (Fsp3) is 0.480. The number of Topliss-reactive ketones (excluding diaryl/α,β-unsaturated/α-hetero) is 1. The maximum absolute atomic E-state index is 13.9. The van der Waals surface area contributed by atoms with Gasteiger partial charge < -0.3 is 9.73 Å². The Bertz CT molecular complexity index is 1140. The molecular formula is C25H28FN3O2. The third kappa shape index (κ3) is 3.73. The van der Waals surface area contributed by atoms with Crippen LogP contribution in [0.3, 0.4) is 0 Å². The molecule has 0 saturated heterocycles. The minimum atomic E-state index is -0.215. The van der Waals surface area contributed by atoms with Crippen molar-refractivity contribution in [1.29, 1.82) is 0 Å². The average molecular weight is 422 g/mol. The molecule has 0 radical (unpaired) electrons. The van der Waals surface area contributed by atoms with Gasteiger partial charge in [-0.2, -0.15) is 0 Å². The highest BCUT2D eigenvalue weighted by Gasteiger charge is 2.39. The van der Waals surface area contributed by atoms with Gasteiger partial charge in [-0.3, -0.25) is 4.79 Å². The maximum Gasteiger partial charge on any atom is 0.232 e. The normalized spacial score (nSPS) is 18.9. The van der Waals surface area contributed by atoms with Crippen LogP contribution in [0, 0.1) is 12.7 Å². The second kappa shape index (κ2) is 7.43. The summed E-state index contributed by atoms with van der Waals surface area (Å²) in [7, 11) is 0. The summed E-state index contributed by atoms with van der Waals surface area (Å²) in [5.41, 5.74) is 1.93. The van der Waals surface area contributed by atoms with Gasteiger partial charge in [-0.05, 0) is 69.1 Å².